The van der Waals surface area contributed by atoms with Gasteiger partial charge in [0.1, 0.15) is 5.15 Å². The summed E-state index contributed by atoms with van der Waals surface area (Å²) in [7, 11) is 0. The van der Waals surface area contributed by atoms with Crippen molar-refractivity contribution in [3.8, 4) is 0 Å². The number of pyridine rings is 1. The summed E-state index contributed by atoms with van der Waals surface area (Å²) in [6.07, 6.45) is 5.22. The monoisotopic (exact) mass is 307 g/mol. The number of aromatic nitrogens is 1. The van der Waals surface area contributed by atoms with E-state index in [1.807, 2.05) is 4.90 Å². The second kappa shape index (κ2) is 6.02. The normalized spacial score (nSPS) is 19.4. The molecule has 112 valence electrons. The van der Waals surface area contributed by atoms with Gasteiger partial charge in [0.25, 0.3) is 5.91 Å². The third kappa shape index (κ3) is 3.35. The molecular weight excluding hydrogens is 290 g/mol. The Kier molecular flexibility index (Phi) is 4.10. The molecule has 0 unspecified atom stereocenters. The minimum atomic E-state index is -0.194. The molecule has 1 aliphatic heterocycles. The van der Waals surface area contributed by atoms with Gasteiger partial charge in [0.05, 0.1) is 5.56 Å². The van der Waals surface area contributed by atoms with E-state index in [4.69, 9.17) is 11.6 Å². The zero-order valence-corrected chi connectivity index (χ0v) is 12.5. The number of nitrogens with one attached hydrogen (secondary N) is 1. The number of amides is 2. The number of hydrogen-bond donors (Lipinski definition) is 1. The molecule has 3 rings (SSSR count). The van der Waals surface area contributed by atoms with Crippen LogP contribution in [0.5, 0.6) is 0 Å². The number of halogens is 1. The van der Waals surface area contributed by atoms with Gasteiger partial charge in [-0.25, -0.2) is 4.98 Å². The van der Waals surface area contributed by atoms with Crippen molar-refractivity contribution >= 4 is 23.4 Å². The second-order valence-corrected chi connectivity index (χ2v) is 6.05. The van der Waals surface area contributed by atoms with Crippen LogP contribution in [0.15, 0.2) is 18.3 Å². The number of carbonyl (C=O) groups excluding carboxylic acids is 2. The zero-order valence-electron chi connectivity index (χ0n) is 11.7. The SMILES string of the molecule is O=C(NC1CCN(C(=O)C2CC2)CC1)c1cccnc1Cl. The van der Waals surface area contributed by atoms with Gasteiger partial charge >= 0.3 is 0 Å². The fourth-order valence-corrected chi connectivity index (χ4v) is 2.86. The molecule has 1 aromatic rings. The Morgan fingerprint density at radius 1 is 1.24 bits per heavy atom. The number of rotatable bonds is 3. The van der Waals surface area contributed by atoms with Gasteiger partial charge in [-0.1, -0.05) is 11.6 Å². The Morgan fingerprint density at radius 3 is 2.57 bits per heavy atom. The summed E-state index contributed by atoms with van der Waals surface area (Å²) in [6.45, 7) is 1.45. The summed E-state index contributed by atoms with van der Waals surface area (Å²) in [5, 5.41) is 3.20. The van der Waals surface area contributed by atoms with Crippen molar-refractivity contribution in [3.05, 3.63) is 29.0 Å². The molecule has 1 N–H and O–H groups in total. The van der Waals surface area contributed by atoms with Crippen LogP contribution < -0.4 is 5.32 Å². The Balaban J connectivity index is 1.52. The van der Waals surface area contributed by atoms with E-state index in [0.717, 1.165) is 38.8 Å². The van der Waals surface area contributed by atoms with E-state index in [9.17, 15) is 9.59 Å². The molecular formula is C15H18ClN3O2. The lowest BCUT2D eigenvalue weighted by Crippen LogP contribution is -2.47. The van der Waals surface area contributed by atoms with E-state index in [1.54, 1.807) is 18.3 Å². The number of piperidine rings is 1. The van der Waals surface area contributed by atoms with Gasteiger partial charge in [-0.3, -0.25) is 9.59 Å². The van der Waals surface area contributed by atoms with E-state index in [0.29, 0.717) is 5.56 Å². The lowest BCUT2D eigenvalue weighted by atomic mass is 10.0. The number of likely N-dealkylation sites (tertiary alicyclic amines) is 1. The molecule has 5 nitrogen and oxygen atoms in total. The van der Waals surface area contributed by atoms with E-state index in [1.165, 1.54) is 0 Å². The van der Waals surface area contributed by atoms with Crippen molar-refractivity contribution in [1.82, 2.24) is 15.2 Å². The highest BCUT2D eigenvalue weighted by atomic mass is 35.5. The van der Waals surface area contributed by atoms with Crippen LogP contribution in [0.1, 0.15) is 36.0 Å². The molecule has 0 atom stereocenters. The minimum Gasteiger partial charge on any atom is -0.349 e. The highest BCUT2D eigenvalue weighted by Gasteiger charge is 2.35. The predicted molar refractivity (Wildman–Crippen MR) is 79.0 cm³/mol. The van der Waals surface area contributed by atoms with E-state index in [2.05, 4.69) is 10.3 Å². The molecule has 1 saturated heterocycles. The average molecular weight is 308 g/mol. The summed E-state index contributed by atoms with van der Waals surface area (Å²) in [5.41, 5.74) is 0.399. The average Bonchev–Trinajstić information content (AvgIpc) is 3.32. The van der Waals surface area contributed by atoms with Gasteiger partial charge in [0.15, 0.2) is 0 Å². The molecule has 0 radical (unpaired) electrons. The Bertz CT molecular complexity index is 552. The van der Waals surface area contributed by atoms with Crippen LogP contribution in [0.3, 0.4) is 0 Å². The van der Waals surface area contributed by atoms with Crippen molar-refractivity contribution in [1.29, 1.82) is 0 Å². The fourth-order valence-electron chi connectivity index (χ4n) is 2.65. The van der Waals surface area contributed by atoms with Gasteiger partial charge in [-0.05, 0) is 37.8 Å². The van der Waals surface area contributed by atoms with E-state index >= 15 is 0 Å². The molecule has 0 aromatic carbocycles. The summed E-state index contributed by atoms with van der Waals surface area (Å²) in [5.74, 6) is 0.362. The van der Waals surface area contributed by atoms with Crippen LogP contribution in [0.25, 0.3) is 0 Å². The maximum atomic E-state index is 12.2. The largest absolute Gasteiger partial charge is 0.349 e. The van der Waals surface area contributed by atoms with Crippen molar-refractivity contribution < 1.29 is 9.59 Å². The molecule has 6 heteroatoms. The first-order valence-corrected chi connectivity index (χ1v) is 7.73. The lowest BCUT2D eigenvalue weighted by Gasteiger charge is -2.32. The molecule has 1 aromatic heterocycles. The summed E-state index contributed by atoms with van der Waals surface area (Å²) in [6, 6.07) is 3.45. The standard InChI is InChI=1S/C15H18ClN3O2/c16-13-12(2-1-7-17-13)14(20)18-11-5-8-19(9-6-11)15(21)10-3-4-10/h1-2,7,10-11H,3-6,8-9H2,(H,18,20). The van der Waals surface area contributed by atoms with Gasteiger partial charge in [-0.2, -0.15) is 0 Å². The fraction of sp³-hybridized carbons (Fsp3) is 0.533. The Hall–Kier alpha value is -1.62. The highest BCUT2D eigenvalue weighted by Crippen LogP contribution is 2.31. The summed E-state index contributed by atoms with van der Waals surface area (Å²) >= 11 is 5.92. The number of carbonyl (C=O) groups is 2. The predicted octanol–water partition coefficient (Wildman–Crippen LogP) is 1.87. The molecule has 2 fully saturated rings. The number of nitrogens with zero attached hydrogens (tertiary/aromatic N) is 2. The van der Waals surface area contributed by atoms with Crippen molar-refractivity contribution in [2.75, 3.05) is 13.1 Å². The maximum Gasteiger partial charge on any atom is 0.254 e. The van der Waals surface area contributed by atoms with Gasteiger partial charge in [0, 0.05) is 31.2 Å². The first kappa shape index (κ1) is 14.3. The second-order valence-electron chi connectivity index (χ2n) is 5.69. The quantitative estimate of drug-likeness (QED) is 0.867. The Morgan fingerprint density at radius 2 is 1.95 bits per heavy atom. The molecule has 1 aliphatic carbocycles. The van der Waals surface area contributed by atoms with E-state index in [-0.39, 0.29) is 28.9 Å². The van der Waals surface area contributed by atoms with Crippen molar-refractivity contribution in [2.24, 2.45) is 5.92 Å². The first-order chi connectivity index (χ1) is 10.1. The molecule has 2 heterocycles. The topological polar surface area (TPSA) is 62.3 Å². The molecule has 21 heavy (non-hydrogen) atoms. The summed E-state index contributed by atoms with van der Waals surface area (Å²) in [4.78, 5) is 30.0. The van der Waals surface area contributed by atoms with Gasteiger partial charge in [0.2, 0.25) is 5.91 Å². The van der Waals surface area contributed by atoms with Crippen LogP contribution in [0.4, 0.5) is 0 Å². The highest BCUT2D eigenvalue weighted by molar-refractivity contribution is 6.32. The molecule has 1 saturated carbocycles. The van der Waals surface area contributed by atoms with Gasteiger partial charge < -0.3 is 10.2 Å². The Labute approximate surface area is 128 Å². The zero-order chi connectivity index (χ0) is 14.8. The van der Waals surface area contributed by atoms with Crippen LogP contribution in [-0.2, 0) is 4.79 Å². The third-order valence-corrected chi connectivity index (χ3v) is 4.37. The van der Waals surface area contributed by atoms with Crippen LogP contribution in [-0.4, -0.2) is 40.8 Å². The van der Waals surface area contributed by atoms with Crippen LogP contribution in [0.2, 0.25) is 5.15 Å². The lowest BCUT2D eigenvalue weighted by molar-refractivity contribution is -0.133. The molecule has 0 spiro atoms. The van der Waals surface area contributed by atoms with Crippen LogP contribution in [0, 0.1) is 5.92 Å². The van der Waals surface area contributed by atoms with Crippen LogP contribution >= 0.6 is 11.6 Å². The third-order valence-electron chi connectivity index (χ3n) is 4.07. The van der Waals surface area contributed by atoms with E-state index < -0.39 is 0 Å². The minimum absolute atomic E-state index is 0.0945. The first-order valence-electron chi connectivity index (χ1n) is 7.35. The smallest absolute Gasteiger partial charge is 0.254 e. The van der Waals surface area contributed by atoms with Crippen molar-refractivity contribution in [3.63, 3.8) is 0 Å². The van der Waals surface area contributed by atoms with Gasteiger partial charge in [-0.15, -0.1) is 0 Å². The molecule has 0 bridgehead atoms. The molecule has 2 amide bonds. The summed E-state index contributed by atoms with van der Waals surface area (Å²) < 4.78 is 0. The maximum absolute atomic E-state index is 12.2. The molecule has 2 aliphatic rings. The number of hydrogen-bond acceptors (Lipinski definition) is 3. The van der Waals surface area contributed by atoms with Crippen molar-refractivity contribution in [2.45, 2.75) is 31.7 Å².